The summed E-state index contributed by atoms with van der Waals surface area (Å²) in [6, 6.07) is 14.7. The van der Waals surface area contributed by atoms with E-state index in [2.05, 4.69) is 5.32 Å². The molecule has 0 bridgehead atoms. The Morgan fingerprint density at radius 3 is 2.38 bits per heavy atom. The Balaban J connectivity index is 0.00000243. The number of hydrogen-bond acceptors (Lipinski definition) is 3. The van der Waals surface area contributed by atoms with Gasteiger partial charge < -0.3 is 16.0 Å². The second-order valence-corrected chi connectivity index (χ2v) is 6.42. The van der Waals surface area contributed by atoms with Gasteiger partial charge in [-0.1, -0.05) is 42.0 Å². The Hall–Kier alpha value is -2.37. The fourth-order valence-corrected chi connectivity index (χ4v) is 2.94. The maximum absolute atomic E-state index is 12.2. The monoisotopic (exact) mass is 373 g/mol. The summed E-state index contributed by atoms with van der Waals surface area (Å²) in [4.78, 5) is 25.8. The van der Waals surface area contributed by atoms with Crippen LogP contribution in [0.1, 0.15) is 35.6 Å². The van der Waals surface area contributed by atoms with Gasteiger partial charge in [-0.3, -0.25) is 9.59 Å². The number of amides is 2. The van der Waals surface area contributed by atoms with Gasteiger partial charge in [0.15, 0.2) is 0 Å². The fourth-order valence-electron chi connectivity index (χ4n) is 2.94. The van der Waals surface area contributed by atoms with Crippen molar-refractivity contribution in [3.63, 3.8) is 0 Å². The molecule has 0 saturated carbocycles. The second kappa shape index (κ2) is 8.83. The van der Waals surface area contributed by atoms with Gasteiger partial charge in [0.1, 0.15) is 6.04 Å². The van der Waals surface area contributed by atoms with Crippen molar-refractivity contribution in [3.8, 4) is 0 Å². The van der Waals surface area contributed by atoms with E-state index in [0.717, 1.165) is 35.3 Å². The molecule has 2 aromatic carbocycles. The average molecular weight is 374 g/mol. The van der Waals surface area contributed by atoms with E-state index in [1.165, 1.54) is 0 Å². The minimum atomic E-state index is -0.679. The summed E-state index contributed by atoms with van der Waals surface area (Å²) in [5.74, 6) is -0.0345. The molecular weight excluding hydrogens is 350 g/mol. The summed E-state index contributed by atoms with van der Waals surface area (Å²) in [6.07, 6.45) is 1.53. The van der Waals surface area contributed by atoms with Crippen LogP contribution in [-0.2, 0) is 16.1 Å². The molecule has 3 N–H and O–H groups in total. The van der Waals surface area contributed by atoms with Crippen LogP contribution in [-0.4, -0.2) is 18.4 Å². The summed E-state index contributed by atoms with van der Waals surface area (Å²) < 4.78 is 0. The van der Waals surface area contributed by atoms with E-state index in [-0.39, 0.29) is 24.2 Å². The molecule has 1 atom stereocenters. The number of nitrogens with two attached hydrogens (primary N) is 1. The Morgan fingerprint density at radius 2 is 1.81 bits per heavy atom. The van der Waals surface area contributed by atoms with E-state index in [1.54, 1.807) is 4.90 Å². The van der Waals surface area contributed by atoms with Crippen LogP contribution in [0, 0.1) is 6.92 Å². The molecule has 1 aliphatic rings. The Labute approximate surface area is 160 Å². The van der Waals surface area contributed by atoms with Gasteiger partial charge >= 0.3 is 0 Å². The highest BCUT2D eigenvalue weighted by molar-refractivity contribution is 5.95. The standard InChI is InChI=1S/C20H23N3O2.ClH/c1-14-4-8-16(9-5-14)19(21)20(25)22-13-15-6-10-17(11-7-15)23-12-2-3-18(23)24;/h4-11,19H,2-3,12-13,21H2,1H3,(H,22,25);1H. The molecule has 3 rings (SSSR count). The maximum atomic E-state index is 12.2. The van der Waals surface area contributed by atoms with Crippen molar-refractivity contribution in [2.24, 2.45) is 5.73 Å². The lowest BCUT2D eigenvalue weighted by molar-refractivity contribution is -0.122. The quantitative estimate of drug-likeness (QED) is 0.846. The van der Waals surface area contributed by atoms with Gasteiger partial charge in [-0.05, 0) is 36.6 Å². The van der Waals surface area contributed by atoms with Crippen LogP contribution < -0.4 is 16.0 Å². The van der Waals surface area contributed by atoms with Gasteiger partial charge in [-0.15, -0.1) is 12.4 Å². The zero-order valence-electron chi connectivity index (χ0n) is 14.8. The Bertz CT molecular complexity index is 760. The van der Waals surface area contributed by atoms with Crippen molar-refractivity contribution in [1.82, 2.24) is 5.32 Å². The number of carbonyl (C=O) groups excluding carboxylic acids is 2. The number of aryl methyl sites for hydroxylation is 1. The molecule has 0 spiro atoms. The molecule has 2 amide bonds. The molecule has 1 fully saturated rings. The predicted molar refractivity (Wildman–Crippen MR) is 105 cm³/mol. The molecule has 0 radical (unpaired) electrons. The third-order valence-corrected chi connectivity index (χ3v) is 4.51. The molecule has 2 aromatic rings. The van der Waals surface area contributed by atoms with Gasteiger partial charge in [0, 0.05) is 25.2 Å². The first kappa shape index (κ1) is 19.9. The molecule has 6 heteroatoms. The smallest absolute Gasteiger partial charge is 0.241 e. The number of hydrogen-bond donors (Lipinski definition) is 2. The Kier molecular flexibility index (Phi) is 6.77. The number of rotatable bonds is 5. The summed E-state index contributed by atoms with van der Waals surface area (Å²) >= 11 is 0. The van der Waals surface area contributed by atoms with E-state index in [4.69, 9.17) is 5.73 Å². The normalized spacial score (nSPS) is 14.7. The van der Waals surface area contributed by atoms with E-state index in [9.17, 15) is 9.59 Å². The van der Waals surface area contributed by atoms with E-state index in [1.807, 2.05) is 55.5 Å². The van der Waals surface area contributed by atoms with Crippen molar-refractivity contribution in [2.45, 2.75) is 32.4 Å². The van der Waals surface area contributed by atoms with Gasteiger partial charge in [0.05, 0.1) is 0 Å². The van der Waals surface area contributed by atoms with Crippen LogP contribution >= 0.6 is 12.4 Å². The van der Waals surface area contributed by atoms with E-state index >= 15 is 0 Å². The first-order valence-corrected chi connectivity index (χ1v) is 8.54. The fraction of sp³-hybridized carbons (Fsp3) is 0.300. The molecule has 26 heavy (non-hydrogen) atoms. The molecule has 138 valence electrons. The SMILES string of the molecule is Cc1ccc(C(N)C(=O)NCc2ccc(N3CCCC3=O)cc2)cc1.Cl. The lowest BCUT2D eigenvalue weighted by Gasteiger charge is -2.16. The predicted octanol–water partition coefficient (Wildman–Crippen LogP) is 2.86. The van der Waals surface area contributed by atoms with Crippen LogP contribution in [0.25, 0.3) is 0 Å². The van der Waals surface area contributed by atoms with Crippen molar-refractivity contribution >= 4 is 29.9 Å². The first-order chi connectivity index (χ1) is 12.0. The molecule has 1 heterocycles. The summed E-state index contributed by atoms with van der Waals surface area (Å²) in [5.41, 5.74) is 9.83. The topological polar surface area (TPSA) is 75.4 Å². The zero-order valence-corrected chi connectivity index (χ0v) is 15.6. The number of halogens is 1. The lowest BCUT2D eigenvalue weighted by atomic mass is 10.1. The largest absolute Gasteiger partial charge is 0.350 e. The molecule has 1 aliphatic heterocycles. The molecule has 5 nitrogen and oxygen atoms in total. The van der Waals surface area contributed by atoms with Gasteiger partial charge in [0.2, 0.25) is 11.8 Å². The van der Waals surface area contributed by atoms with Crippen LogP contribution in [0.4, 0.5) is 5.69 Å². The van der Waals surface area contributed by atoms with E-state index < -0.39 is 6.04 Å². The molecule has 0 aliphatic carbocycles. The lowest BCUT2D eigenvalue weighted by Crippen LogP contribution is -2.33. The molecule has 1 unspecified atom stereocenters. The second-order valence-electron chi connectivity index (χ2n) is 6.42. The first-order valence-electron chi connectivity index (χ1n) is 8.54. The summed E-state index contributed by atoms with van der Waals surface area (Å²) in [6.45, 7) is 3.18. The van der Waals surface area contributed by atoms with Crippen LogP contribution in [0.2, 0.25) is 0 Å². The van der Waals surface area contributed by atoms with Crippen molar-refractivity contribution in [2.75, 3.05) is 11.4 Å². The highest BCUT2D eigenvalue weighted by Gasteiger charge is 2.21. The average Bonchev–Trinajstić information content (AvgIpc) is 3.06. The Morgan fingerprint density at radius 1 is 1.15 bits per heavy atom. The number of benzene rings is 2. The van der Waals surface area contributed by atoms with Crippen LogP contribution in [0.3, 0.4) is 0 Å². The van der Waals surface area contributed by atoms with Crippen LogP contribution in [0.5, 0.6) is 0 Å². The third-order valence-electron chi connectivity index (χ3n) is 4.51. The van der Waals surface area contributed by atoms with Crippen molar-refractivity contribution in [1.29, 1.82) is 0 Å². The van der Waals surface area contributed by atoms with Gasteiger partial charge in [0.25, 0.3) is 0 Å². The molecular formula is C20H24ClN3O2. The number of nitrogens with zero attached hydrogens (tertiary/aromatic N) is 1. The molecule has 1 saturated heterocycles. The minimum absolute atomic E-state index is 0. The van der Waals surface area contributed by atoms with Crippen molar-refractivity contribution in [3.05, 3.63) is 65.2 Å². The number of anilines is 1. The minimum Gasteiger partial charge on any atom is -0.350 e. The molecule has 0 aromatic heterocycles. The summed E-state index contributed by atoms with van der Waals surface area (Å²) in [7, 11) is 0. The summed E-state index contributed by atoms with van der Waals surface area (Å²) in [5, 5.41) is 2.87. The maximum Gasteiger partial charge on any atom is 0.241 e. The van der Waals surface area contributed by atoms with Crippen LogP contribution in [0.15, 0.2) is 48.5 Å². The highest BCUT2D eigenvalue weighted by Crippen LogP contribution is 2.21. The van der Waals surface area contributed by atoms with Gasteiger partial charge in [-0.25, -0.2) is 0 Å². The number of carbonyl (C=O) groups is 2. The third kappa shape index (κ3) is 4.62. The zero-order chi connectivity index (χ0) is 17.8. The van der Waals surface area contributed by atoms with Crippen molar-refractivity contribution < 1.29 is 9.59 Å². The highest BCUT2D eigenvalue weighted by atomic mass is 35.5. The number of nitrogens with one attached hydrogen (secondary N) is 1. The van der Waals surface area contributed by atoms with Gasteiger partial charge in [-0.2, -0.15) is 0 Å². The van der Waals surface area contributed by atoms with E-state index in [0.29, 0.717) is 13.0 Å².